The van der Waals surface area contributed by atoms with Crippen LogP contribution in [0.2, 0.25) is 0 Å². The fraction of sp³-hybridized carbons (Fsp3) is 0.148. The molecule has 0 fully saturated rings. The normalized spacial score (nSPS) is 14.6. The molecule has 8 aromatic carbocycles. The van der Waals surface area contributed by atoms with E-state index in [9.17, 15) is 0 Å². The fourth-order valence-corrected chi connectivity index (χ4v) is 9.16. The molecule has 0 N–H and O–H groups in total. The smallest absolute Gasteiger partial charge is 0.137 e. The molecule has 0 spiro atoms. The van der Waals surface area contributed by atoms with Crippen molar-refractivity contribution in [3.05, 3.63) is 187 Å². The highest BCUT2D eigenvalue weighted by Gasteiger charge is 2.39. The summed E-state index contributed by atoms with van der Waals surface area (Å²) in [7, 11) is 0. The number of benzene rings is 8. The standard InChI is InChI=1S/C54H45NO/c1-53(2)30-31-54(3,4)52-45(19-13-20-48(52)53)46-34-47-44-18-11-12-21-50(44)56-51(47)35-49(46)55(42-27-24-38(25-28-42)36-14-7-5-8-15-36)43-29-26-40-32-39(22-23-41(40)33-43)37-16-9-6-10-17-37/h5-29,32-35H,30-31H2,1-4H3. The summed E-state index contributed by atoms with van der Waals surface area (Å²) >= 11 is 0. The van der Waals surface area contributed by atoms with Gasteiger partial charge in [-0.15, -0.1) is 0 Å². The van der Waals surface area contributed by atoms with E-state index in [1.807, 2.05) is 0 Å². The molecule has 0 saturated carbocycles. The van der Waals surface area contributed by atoms with Crippen molar-refractivity contribution < 1.29 is 4.42 Å². The molecule has 1 aliphatic rings. The van der Waals surface area contributed by atoms with Gasteiger partial charge in [-0.2, -0.15) is 0 Å². The van der Waals surface area contributed by atoms with Crippen molar-refractivity contribution in [3.63, 3.8) is 0 Å². The Kier molecular flexibility index (Phi) is 8.01. The summed E-state index contributed by atoms with van der Waals surface area (Å²) in [5.74, 6) is 0. The van der Waals surface area contributed by atoms with Crippen LogP contribution in [0.25, 0.3) is 66.1 Å². The van der Waals surface area contributed by atoms with E-state index in [1.165, 1.54) is 55.3 Å². The first-order chi connectivity index (χ1) is 27.2. The minimum absolute atomic E-state index is 0.00765. The predicted molar refractivity (Wildman–Crippen MR) is 238 cm³/mol. The van der Waals surface area contributed by atoms with Gasteiger partial charge in [-0.05, 0) is 116 Å². The van der Waals surface area contributed by atoms with Crippen LogP contribution in [0.4, 0.5) is 17.1 Å². The van der Waals surface area contributed by atoms with Crippen molar-refractivity contribution in [3.8, 4) is 33.4 Å². The van der Waals surface area contributed by atoms with E-state index in [1.54, 1.807) is 0 Å². The Bertz CT molecular complexity index is 2900. The zero-order chi connectivity index (χ0) is 38.0. The molecule has 2 nitrogen and oxygen atoms in total. The summed E-state index contributed by atoms with van der Waals surface area (Å²) in [6, 6.07) is 64.1. The number of hydrogen-bond acceptors (Lipinski definition) is 2. The topological polar surface area (TPSA) is 16.4 Å². The monoisotopic (exact) mass is 723 g/mol. The molecule has 272 valence electrons. The summed E-state index contributed by atoms with van der Waals surface area (Å²) in [5, 5.41) is 4.68. The minimum Gasteiger partial charge on any atom is -0.456 e. The number of furan rings is 1. The van der Waals surface area contributed by atoms with Crippen LogP contribution in [-0.4, -0.2) is 0 Å². The van der Waals surface area contributed by atoms with Gasteiger partial charge in [0.2, 0.25) is 0 Å². The number of rotatable bonds is 6. The molecule has 0 bridgehead atoms. The molecule has 2 heteroatoms. The van der Waals surface area contributed by atoms with Gasteiger partial charge in [-0.1, -0.05) is 155 Å². The van der Waals surface area contributed by atoms with Crippen LogP contribution in [0.5, 0.6) is 0 Å². The van der Waals surface area contributed by atoms with E-state index >= 15 is 0 Å². The predicted octanol–water partition coefficient (Wildman–Crippen LogP) is 15.6. The number of fused-ring (bicyclic) bond motifs is 5. The minimum atomic E-state index is 0.00765. The number of nitrogens with zero attached hydrogens (tertiary/aromatic N) is 1. The molecule has 0 atom stereocenters. The van der Waals surface area contributed by atoms with Gasteiger partial charge in [-0.25, -0.2) is 0 Å². The van der Waals surface area contributed by atoms with E-state index in [0.29, 0.717) is 0 Å². The maximum Gasteiger partial charge on any atom is 0.137 e. The van der Waals surface area contributed by atoms with Crippen molar-refractivity contribution in [1.82, 2.24) is 0 Å². The van der Waals surface area contributed by atoms with Crippen molar-refractivity contribution >= 4 is 49.8 Å². The maximum atomic E-state index is 6.67. The van der Waals surface area contributed by atoms with Crippen LogP contribution in [-0.2, 0) is 10.8 Å². The molecule has 10 rings (SSSR count). The van der Waals surface area contributed by atoms with Crippen LogP contribution in [0, 0.1) is 0 Å². The second-order valence-corrected chi connectivity index (χ2v) is 16.8. The first-order valence-corrected chi connectivity index (χ1v) is 19.9. The number of anilines is 3. The van der Waals surface area contributed by atoms with Crippen molar-refractivity contribution in [2.45, 2.75) is 51.4 Å². The highest BCUT2D eigenvalue weighted by Crippen LogP contribution is 2.53. The van der Waals surface area contributed by atoms with E-state index < -0.39 is 0 Å². The Morgan fingerprint density at radius 1 is 0.429 bits per heavy atom. The highest BCUT2D eigenvalue weighted by atomic mass is 16.3. The Balaban J connectivity index is 1.24. The summed E-state index contributed by atoms with van der Waals surface area (Å²) in [6.45, 7) is 9.70. The van der Waals surface area contributed by atoms with Crippen molar-refractivity contribution in [2.75, 3.05) is 4.90 Å². The zero-order valence-electron chi connectivity index (χ0n) is 32.5. The van der Waals surface area contributed by atoms with E-state index in [2.05, 4.69) is 209 Å². The van der Waals surface area contributed by atoms with Gasteiger partial charge in [0, 0.05) is 33.8 Å². The third-order valence-corrected chi connectivity index (χ3v) is 12.3. The summed E-state index contributed by atoms with van der Waals surface area (Å²) in [5.41, 5.74) is 15.4. The van der Waals surface area contributed by atoms with Gasteiger partial charge in [-0.3, -0.25) is 0 Å². The van der Waals surface area contributed by atoms with Crippen LogP contribution in [0.1, 0.15) is 51.7 Å². The lowest BCUT2D eigenvalue weighted by molar-refractivity contribution is 0.333. The third kappa shape index (κ3) is 5.80. The number of para-hydroxylation sites is 1. The molecule has 1 heterocycles. The lowest BCUT2D eigenvalue weighted by Gasteiger charge is -2.43. The average molecular weight is 724 g/mol. The second-order valence-electron chi connectivity index (χ2n) is 16.8. The first kappa shape index (κ1) is 34.1. The van der Waals surface area contributed by atoms with Crippen LogP contribution >= 0.6 is 0 Å². The zero-order valence-corrected chi connectivity index (χ0v) is 32.5. The van der Waals surface area contributed by atoms with Gasteiger partial charge < -0.3 is 9.32 Å². The van der Waals surface area contributed by atoms with Crippen LogP contribution < -0.4 is 4.90 Å². The molecule has 56 heavy (non-hydrogen) atoms. The molecular formula is C54H45NO. The Morgan fingerprint density at radius 2 is 1.04 bits per heavy atom. The van der Waals surface area contributed by atoms with Crippen molar-refractivity contribution in [2.24, 2.45) is 0 Å². The summed E-state index contributed by atoms with van der Waals surface area (Å²) in [6.07, 6.45) is 2.30. The van der Waals surface area contributed by atoms with Gasteiger partial charge in [0.05, 0.1) is 5.69 Å². The number of hydrogen-bond donors (Lipinski definition) is 0. The SMILES string of the molecule is CC1(C)CCC(C)(C)c2c(-c3cc4c(cc3N(c3ccc(-c5ccccc5)cc3)c3ccc5cc(-c6ccccc6)ccc5c3)oc3ccccc34)cccc21. The maximum absolute atomic E-state index is 6.67. The molecule has 0 unspecified atom stereocenters. The van der Waals surface area contributed by atoms with E-state index in [4.69, 9.17) is 4.42 Å². The molecular weight excluding hydrogens is 679 g/mol. The fourth-order valence-electron chi connectivity index (χ4n) is 9.16. The summed E-state index contributed by atoms with van der Waals surface area (Å²) in [4.78, 5) is 2.45. The molecule has 0 radical (unpaired) electrons. The van der Waals surface area contributed by atoms with E-state index in [0.717, 1.165) is 51.8 Å². The quantitative estimate of drug-likeness (QED) is 0.170. The molecule has 0 aliphatic heterocycles. The van der Waals surface area contributed by atoms with Crippen LogP contribution in [0.3, 0.4) is 0 Å². The van der Waals surface area contributed by atoms with Gasteiger partial charge in [0.1, 0.15) is 11.2 Å². The molecule has 0 saturated heterocycles. The van der Waals surface area contributed by atoms with Crippen molar-refractivity contribution in [1.29, 1.82) is 0 Å². The second kappa shape index (κ2) is 13.1. The molecule has 0 amide bonds. The Hall–Kier alpha value is -6.38. The first-order valence-electron chi connectivity index (χ1n) is 19.9. The third-order valence-electron chi connectivity index (χ3n) is 12.3. The summed E-state index contributed by atoms with van der Waals surface area (Å²) < 4.78 is 6.67. The average Bonchev–Trinajstić information content (AvgIpc) is 3.60. The lowest BCUT2D eigenvalue weighted by atomic mass is 9.61. The Morgan fingerprint density at radius 3 is 1.80 bits per heavy atom. The van der Waals surface area contributed by atoms with Crippen LogP contribution in [0.15, 0.2) is 180 Å². The molecule has 9 aromatic rings. The lowest BCUT2D eigenvalue weighted by Crippen LogP contribution is -2.34. The largest absolute Gasteiger partial charge is 0.456 e. The van der Waals surface area contributed by atoms with Gasteiger partial charge in [0.15, 0.2) is 0 Å². The Labute approximate surface area is 329 Å². The van der Waals surface area contributed by atoms with Gasteiger partial charge >= 0.3 is 0 Å². The van der Waals surface area contributed by atoms with E-state index in [-0.39, 0.29) is 10.8 Å². The van der Waals surface area contributed by atoms with Gasteiger partial charge in [0.25, 0.3) is 0 Å². The highest BCUT2D eigenvalue weighted by molar-refractivity contribution is 6.10. The molecule has 1 aliphatic carbocycles. The molecule has 1 aromatic heterocycles.